The summed E-state index contributed by atoms with van der Waals surface area (Å²) in [4.78, 5) is 22.4. The van der Waals surface area contributed by atoms with Gasteiger partial charge < -0.3 is 14.9 Å². The van der Waals surface area contributed by atoms with Crippen LogP contribution >= 0.6 is 0 Å². The van der Waals surface area contributed by atoms with Gasteiger partial charge >= 0.3 is 5.97 Å². The summed E-state index contributed by atoms with van der Waals surface area (Å²) in [5.74, 6) is -0.688. The molecule has 2 N–H and O–H groups in total. The molecule has 5 nitrogen and oxygen atoms in total. The fourth-order valence-corrected chi connectivity index (χ4v) is 3.47. The molecule has 1 unspecified atom stereocenters. The largest absolute Gasteiger partial charge is 0.507 e. The van der Waals surface area contributed by atoms with E-state index in [-0.39, 0.29) is 29.6 Å². The Hall–Kier alpha value is -3.60. The van der Waals surface area contributed by atoms with Crippen molar-refractivity contribution in [1.82, 2.24) is 0 Å². The molecule has 0 aromatic heterocycles. The van der Waals surface area contributed by atoms with Crippen molar-refractivity contribution in [3.63, 3.8) is 0 Å². The first-order chi connectivity index (χ1) is 14.9. The number of rotatable bonds is 10. The van der Waals surface area contributed by atoms with Gasteiger partial charge in [0.15, 0.2) is 5.78 Å². The van der Waals surface area contributed by atoms with Gasteiger partial charge in [-0.25, -0.2) is 0 Å². The lowest BCUT2D eigenvalue weighted by molar-refractivity contribution is -0.137. The van der Waals surface area contributed by atoms with Gasteiger partial charge in [0.1, 0.15) is 17.6 Å². The molecule has 3 aromatic rings. The average molecular weight is 418 g/mol. The van der Waals surface area contributed by atoms with Gasteiger partial charge in [0.25, 0.3) is 0 Å². The Morgan fingerprint density at radius 2 is 1.58 bits per heavy atom. The first kappa shape index (κ1) is 22.1. The molecule has 0 spiro atoms. The van der Waals surface area contributed by atoms with Crippen LogP contribution in [0.15, 0.2) is 72.8 Å². The standard InChI is InChI=1S/C26H26O5/c1-18(27)23-16-15-22(17-24(23)28)31-25(9-5-6-10-26(29)30)21-13-11-20(12-14-21)19-7-3-2-4-8-19/h2-4,7-8,11-17,25,28H,5-6,9-10H2,1H3,(H,29,30). The number of aliphatic carboxylic acids is 1. The number of carboxylic acid groups (broad SMARTS) is 1. The highest BCUT2D eigenvalue weighted by molar-refractivity contribution is 5.96. The molecule has 0 aliphatic rings. The summed E-state index contributed by atoms with van der Waals surface area (Å²) < 4.78 is 6.15. The molecule has 0 amide bonds. The highest BCUT2D eigenvalue weighted by Gasteiger charge is 2.16. The van der Waals surface area contributed by atoms with Gasteiger partial charge in [-0.1, -0.05) is 54.6 Å². The molecule has 31 heavy (non-hydrogen) atoms. The maximum atomic E-state index is 11.6. The van der Waals surface area contributed by atoms with Crippen molar-refractivity contribution >= 4 is 11.8 Å². The van der Waals surface area contributed by atoms with Gasteiger partial charge in [-0.2, -0.15) is 0 Å². The van der Waals surface area contributed by atoms with Crippen LogP contribution in [-0.4, -0.2) is 22.0 Å². The number of carbonyl (C=O) groups is 2. The van der Waals surface area contributed by atoms with Gasteiger partial charge in [-0.05, 0) is 55.0 Å². The van der Waals surface area contributed by atoms with Crippen molar-refractivity contribution < 1.29 is 24.5 Å². The third kappa shape index (κ3) is 6.19. The molecule has 0 bridgehead atoms. The SMILES string of the molecule is CC(=O)c1ccc(OC(CCCCC(=O)O)c2ccc(-c3ccccc3)cc2)cc1O. The predicted octanol–water partition coefficient (Wildman–Crippen LogP) is 6.03. The van der Waals surface area contributed by atoms with Crippen LogP contribution in [0.3, 0.4) is 0 Å². The lowest BCUT2D eigenvalue weighted by Crippen LogP contribution is -2.08. The quantitative estimate of drug-likeness (QED) is 0.310. The highest BCUT2D eigenvalue weighted by Crippen LogP contribution is 2.31. The number of aromatic hydroxyl groups is 1. The zero-order valence-electron chi connectivity index (χ0n) is 17.5. The second-order valence-electron chi connectivity index (χ2n) is 7.47. The third-order valence-electron chi connectivity index (χ3n) is 5.12. The normalized spacial score (nSPS) is 11.6. The van der Waals surface area contributed by atoms with Crippen LogP contribution < -0.4 is 4.74 Å². The molecule has 0 heterocycles. The summed E-state index contributed by atoms with van der Waals surface area (Å²) in [5.41, 5.74) is 3.43. The molecule has 5 heteroatoms. The molecule has 0 fully saturated rings. The van der Waals surface area contributed by atoms with Crippen molar-refractivity contribution in [3.05, 3.63) is 83.9 Å². The average Bonchev–Trinajstić information content (AvgIpc) is 2.76. The van der Waals surface area contributed by atoms with Crippen molar-refractivity contribution in [2.24, 2.45) is 0 Å². The van der Waals surface area contributed by atoms with Gasteiger partial charge in [0, 0.05) is 12.5 Å². The molecule has 160 valence electrons. The van der Waals surface area contributed by atoms with Gasteiger partial charge in [0.2, 0.25) is 0 Å². The zero-order valence-corrected chi connectivity index (χ0v) is 17.5. The number of ether oxygens (including phenoxy) is 1. The summed E-state index contributed by atoms with van der Waals surface area (Å²) in [5, 5.41) is 19.0. The smallest absolute Gasteiger partial charge is 0.303 e. The topological polar surface area (TPSA) is 83.8 Å². The summed E-state index contributed by atoms with van der Waals surface area (Å²) in [6.45, 7) is 1.40. The Morgan fingerprint density at radius 1 is 0.903 bits per heavy atom. The van der Waals surface area contributed by atoms with E-state index < -0.39 is 5.97 Å². The van der Waals surface area contributed by atoms with Crippen LogP contribution in [0, 0.1) is 0 Å². The Labute approximate surface area is 181 Å². The predicted molar refractivity (Wildman–Crippen MR) is 119 cm³/mol. The molecule has 1 atom stereocenters. The fraction of sp³-hybridized carbons (Fsp3) is 0.231. The van der Waals surface area contributed by atoms with Crippen LogP contribution in [0.25, 0.3) is 11.1 Å². The maximum Gasteiger partial charge on any atom is 0.303 e. The van der Waals surface area contributed by atoms with Crippen LogP contribution in [0.1, 0.15) is 54.6 Å². The summed E-state index contributed by atoms with van der Waals surface area (Å²) >= 11 is 0. The highest BCUT2D eigenvalue weighted by atomic mass is 16.5. The lowest BCUT2D eigenvalue weighted by Gasteiger charge is -2.20. The summed E-state index contributed by atoms with van der Waals surface area (Å²) in [7, 11) is 0. The van der Waals surface area contributed by atoms with Gasteiger partial charge in [0.05, 0.1) is 5.56 Å². The Bertz CT molecular complexity index is 1030. The lowest BCUT2D eigenvalue weighted by atomic mass is 9.99. The van der Waals surface area contributed by atoms with Crippen molar-refractivity contribution in [2.75, 3.05) is 0 Å². The molecule has 3 aromatic carbocycles. The van der Waals surface area contributed by atoms with E-state index >= 15 is 0 Å². The second kappa shape index (κ2) is 10.4. The molecular weight excluding hydrogens is 392 g/mol. The minimum absolute atomic E-state index is 0.117. The Morgan fingerprint density at radius 3 is 2.19 bits per heavy atom. The number of hydrogen-bond donors (Lipinski definition) is 2. The van der Waals surface area contributed by atoms with E-state index in [2.05, 4.69) is 0 Å². The molecule has 0 saturated carbocycles. The van der Waals surface area contributed by atoms with Crippen LogP contribution in [0.5, 0.6) is 11.5 Å². The van der Waals surface area contributed by atoms with Crippen LogP contribution in [-0.2, 0) is 4.79 Å². The van der Waals surface area contributed by atoms with E-state index in [1.807, 2.05) is 54.6 Å². The third-order valence-corrected chi connectivity index (χ3v) is 5.12. The van der Waals surface area contributed by atoms with Crippen LogP contribution in [0.4, 0.5) is 0 Å². The number of phenols is 1. The monoisotopic (exact) mass is 418 g/mol. The van der Waals surface area contributed by atoms with Crippen molar-refractivity contribution in [2.45, 2.75) is 38.7 Å². The van der Waals surface area contributed by atoms with E-state index in [0.717, 1.165) is 16.7 Å². The number of Topliss-reactive ketones (excluding diaryl/α,β-unsaturated/α-hetero) is 1. The molecular formula is C26H26O5. The minimum Gasteiger partial charge on any atom is -0.507 e. The number of phenolic OH excluding ortho intramolecular Hbond substituents is 1. The van der Waals surface area contributed by atoms with E-state index in [0.29, 0.717) is 25.0 Å². The van der Waals surface area contributed by atoms with Gasteiger partial charge in [-0.3, -0.25) is 9.59 Å². The summed E-state index contributed by atoms with van der Waals surface area (Å²) in [6.07, 6.45) is 1.70. The molecule has 0 aliphatic heterocycles. The first-order valence-corrected chi connectivity index (χ1v) is 10.3. The fourth-order valence-electron chi connectivity index (χ4n) is 3.47. The molecule has 0 saturated heterocycles. The number of benzene rings is 3. The minimum atomic E-state index is -0.811. The number of carboxylic acids is 1. The molecule has 0 aliphatic carbocycles. The Balaban J connectivity index is 1.79. The number of carbonyl (C=O) groups excluding carboxylic acids is 1. The number of ketones is 1. The molecule has 0 radical (unpaired) electrons. The molecule has 3 rings (SSSR count). The van der Waals surface area contributed by atoms with Crippen molar-refractivity contribution in [3.8, 4) is 22.6 Å². The number of unbranched alkanes of at least 4 members (excludes halogenated alkanes) is 1. The van der Waals surface area contributed by atoms with Gasteiger partial charge in [-0.15, -0.1) is 0 Å². The second-order valence-corrected chi connectivity index (χ2v) is 7.47. The summed E-state index contributed by atoms with van der Waals surface area (Å²) in [6, 6.07) is 22.8. The maximum absolute atomic E-state index is 11.6. The van der Waals surface area contributed by atoms with Crippen LogP contribution in [0.2, 0.25) is 0 Å². The Kier molecular flexibility index (Phi) is 7.44. The first-order valence-electron chi connectivity index (χ1n) is 10.3. The zero-order chi connectivity index (χ0) is 22.2. The number of hydrogen-bond acceptors (Lipinski definition) is 4. The van der Waals surface area contributed by atoms with E-state index in [4.69, 9.17) is 9.84 Å². The van der Waals surface area contributed by atoms with Crippen molar-refractivity contribution in [1.29, 1.82) is 0 Å². The van der Waals surface area contributed by atoms with E-state index in [9.17, 15) is 14.7 Å². The van der Waals surface area contributed by atoms with E-state index in [1.165, 1.54) is 13.0 Å². The van der Waals surface area contributed by atoms with E-state index in [1.54, 1.807) is 12.1 Å².